The van der Waals surface area contributed by atoms with Gasteiger partial charge in [-0.15, -0.1) is 0 Å². The van der Waals surface area contributed by atoms with Crippen LogP contribution in [0.4, 0.5) is 5.69 Å². The van der Waals surface area contributed by atoms with E-state index in [1.165, 1.54) is 12.0 Å². The van der Waals surface area contributed by atoms with Crippen molar-refractivity contribution in [3.05, 3.63) is 65.0 Å². The monoisotopic (exact) mass is 488 g/mol. The molecule has 5 N–H and O–H groups in total. The number of rotatable bonds is 9. The quantitative estimate of drug-likeness (QED) is 0.302. The van der Waals surface area contributed by atoms with Crippen molar-refractivity contribution < 1.29 is 24.9 Å². The van der Waals surface area contributed by atoms with Gasteiger partial charge < -0.3 is 30.3 Å². The number of benzene rings is 2. The zero-order chi connectivity index (χ0) is 24.1. The molecule has 2 heterocycles. The van der Waals surface area contributed by atoms with Crippen LogP contribution in [0.2, 0.25) is 5.02 Å². The number of piperidine rings is 1. The number of hydrogen-bond acceptors (Lipinski definition) is 9. The maximum atomic E-state index is 10.1. The minimum atomic E-state index is -1.24. The normalized spacial score (nSPS) is 23.2. The zero-order valence-electron chi connectivity index (χ0n) is 18.6. The molecule has 182 valence electrons. The first-order valence-corrected chi connectivity index (χ1v) is 11.6. The van der Waals surface area contributed by atoms with Crippen LogP contribution in [0.25, 0.3) is 11.4 Å². The average Bonchev–Trinajstić information content (AvgIpc) is 3.37. The molecule has 0 saturated carbocycles. The summed E-state index contributed by atoms with van der Waals surface area (Å²) in [7, 11) is 0. The van der Waals surface area contributed by atoms with Crippen LogP contribution in [-0.4, -0.2) is 86.1 Å². The lowest BCUT2D eigenvalue weighted by Crippen LogP contribution is -2.62. The SMILES string of the molecule is OCC1C(O)C(O)C(O)CN1CCc1ccc(CCNc2cc(Cl)cc(-c3ncon3)c2)cc1. The molecule has 4 unspecified atom stereocenters. The van der Waals surface area contributed by atoms with Crippen molar-refractivity contribution in [2.45, 2.75) is 37.2 Å². The number of nitrogens with one attached hydrogen (secondary N) is 1. The van der Waals surface area contributed by atoms with E-state index in [9.17, 15) is 20.4 Å². The molecule has 4 rings (SSSR count). The van der Waals surface area contributed by atoms with E-state index < -0.39 is 24.4 Å². The minimum absolute atomic E-state index is 0.213. The highest BCUT2D eigenvalue weighted by Gasteiger charge is 2.40. The van der Waals surface area contributed by atoms with Crippen molar-refractivity contribution in [3.8, 4) is 11.4 Å². The van der Waals surface area contributed by atoms with Gasteiger partial charge in [0.05, 0.1) is 18.8 Å². The second-order valence-electron chi connectivity index (χ2n) is 8.52. The van der Waals surface area contributed by atoms with E-state index in [1.54, 1.807) is 6.07 Å². The minimum Gasteiger partial charge on any atom is -0.395 e. The summed E-state index contributed by atoms with van der Waals surface area (Å²) in [6.45, 7) is 1.21. The summed E-state index contributed by atoms with van der Waals surface area (Å²) in [5.74, 6) is 0.483. The summed E-state index contributed by atoms with van der Waals surface area (Å²) < 4.78 is 4.80. The fraction of sp³-hybridized carbons (Fsp3) is 0.417. The number of aromatic nitrogens is 2. The molecule has 0 radical (unpaired) electrons. The number of likely N-dealkylation sites (tertiary alicyclic amines) is 1. The summed E-state index contributed by atoms with van der Waals surface area (Å²) in [4.78, 5) is 5.88. The Kier molecular flexibility index (Phi) is 8.15. The van der Waals surface area contributed by atoms with Gasteiger partial charge in [0, 0.05) is 35.9 Å². The Morgan fingerprint density at radius 1 is 1.03 bits per heavy atom. The standard InChI is InChI=1S/C24H29ClN4O5/c25-18-9-17(24-27-14-34-28-24)10-19(11-18)26-7-5-15-1-3-16(4-2-15)6-8-29-12-21(31)23(33)22(32)20(29)13-30/h1-4,9-11,14,20-23,26,30-33H,5-8,12-13H2. The first kappa shape index (κ1) is 24.6. The van der Waals surface area contributed by atoms with Gasteiger partial charge in [-0.05, 0) is 42.2 Å². The number of nitrogens with zero attached hydrogens (tertiary/aromatic N) is 3. The Balaban J connectivity index is 1.27. The van der Waals surface area contributed by atoms with Gasteiger partial charge in [-0.3, -0.25) is 4.90 Å². The van der Waals surface area contributed by atoms with Crippen molar-refractivity contribution in [1.82, 2.24) is 15.0 Å². The number of aliphatic hydroxyl groups is 4. The van der Waals surface area contributed by atoms with Crippen molar-refractivity contribution in [1.29, 1.82) is 0 Å². The third kappa shape index (κ3) is 5.93. The summed E-state index contributed by atoms with van der Waals surface area (Å²) in [5.41, 5.74) is 3.94. The predicted octanol–water partition coefficient (Wildman–Crippen LogP) is 1.35. The van der Waals surface area contributed by atoms with Gasteiger partial charge in [0.2, 0.25) is 12.2 Å². The molecule has 10 heteroatoms. The average molecular weight is 489 g/mol. The number of aliphatic hydroxyl groups excluding tert-OH is 4. The number of hydrogen-bond donors (Lipinski definition) is 5. The molecule has 4 atom stereocenters. The first-order chi connectivity index (χ1) is 16.4. The molecule has 9 nitrogen and oxygen atoms in total. The van der Waals surface area contributed by atoms with Gasteiger partial charge >= 0.3 is 0 Å². The molecule has 1 fully saturated rings. The highest BCUT2D eigenvalue weighted by Crippen LogP contribution is 2.25. The molecular formula is C24H29ClN4O5. The van der Waals surface area contributed by atoms with Gasteiger partial charge in [-0.2, -0.15) is 4.98 Å². The molecule has 0 amide bonds. The van der Waals surface area contributed by atoms with Crippen LogP contribution >= 0.6 is 11.6 Å². The molecule has 0 bridgehead atoms. The second kappa shape index (κ2) is 11.3. The Hall–Kier alpha value is -2.53. The maximum Gasteiger partial charge on any atom is 0.214 e. The van der Waals surface area contributed by atoms with E-state index in [-0.39, 0.29) is 13.2 Å². The molecule has 2 aromatic carbocycles. The van der Waals surface area contributed by atoms with E-state index in [4.69, 9.17) is 16.1 Å². The van der Waals surface area contributed by atoms with Crippen LogP contribution in [0.3, 0.4) is 0 Å². The second-order valence-corrected chi connectivity index (χ2v) is 8.96. The van der Waals surface area contributed by atoms with Crippen molar-refractivity contribution in [2.24, 2.45) is 0 Å². The maximum absolute atomic E-state index is 10.1. The Morgan fingerprint density at radius 2 is 1.76 bits per heavy atom. The summed E-state index contributed by atoms with van der Waals surface area (Å²) in [6, 6.07) is 13.2. The van der Waals surface area contributed by atoms with E-state index in [2.05, 4.69) is 39.7 Å². The summed E-state index contributed by atoms with van der Waals surface area (Å²) in [5, 5.41) is 47.3. The Labute approximate surface area is 202 Å². The molecular weight excluding hydrogens is 460 g/mol. The number of β-amino-alcohol motifs (C(OH)–C–C–N with tert-alkyl or cyclic N) is 1. The molecule has 34 heavy (non-hydrogen) atoms. The van der Waals surface area contributed by atoms with Gasteiger partial charge in [0.15, 0.2) is 0 Å². The summed E-state index contributed by atoms with van der Waals surface area (Å²) in [6.07, 6.45) is -0.645. The van der Waals surface area contributed by atoms with E-state index in [0.29, 0.717) is 23.8 Å². The van der Waals surface area contributed by atoms with E-state index >= 15 is 0 Å². The van der Waals surface area contributed by atoms with Crippen LogP contribution in [0, 0.1) is 0 Å². The van der Waals surface area contributed by atoms with Crippen molar-refractivity contribution >= 4 is 17.3 Å². The van der Waals surface area contributed by atoms with Crippen LogP contribution in [0.1, 0.15) is 11.1 Å². The van der Waals surface area contributed by atoms with Crippen LogP contribution < -0.4 is 5.32 Å². The van der Waals surface area contributed by atoms with Crippen LogP contribution in [-0.2, 0) is 12.8 Å². The molecule has 1 aliphatic heterocycles. The third-order valence-corrected chi connectivity index (χ3v) is 6.40. The molecule has 0 spiro atoms. The molecule has 1 aromatic heterocycles. The molecule has 3 aromatic rings. The highest BCUT2D eigenvalue weighted by atomic mass is 35.5. The number of halogens is 1. The molecule has 1 aliphatic rings. The lowest BCUT2D eigenvalue weighted by Gasteiger charge is -2.43. The Morgan fingerprint density at radius 3 is 2.44 bits per heavy atom. The molecule has 0 aliphatic carbocycles. The highest BCUT2D eigenvalue weighted by molar-refractivity contribution is 6.31. The summed E-state index contributed by atoms with van der Waals surface area (Å²) >= 11 is 6.22. The smallest absolute Gasteiger partial charge is 0.214 e. The van der Waals surface area contributed by atoms with Gasteiger partial charge in [-0.25, -0.2) is 0 Å². The van der Waals surface area contributed by atoms with Gasteiger partial charge in [-0.1, -0.05) is 41.0 Å². The lowest BCUT2D eigenvalue weighted by atomic mass is 9.93. The van der Waals surface area contributed by atoms with Gasteiger partial charge in [0.25, 0.3) is 0 Å². The zero-order valence-corrected chi connectivity index (χ0v) is 19.3. The largest absolute Gasteiger partial charge is 0.395 e. The first-order valence-electron chi connectivity index (χ1n) is 11.2. The predicted molar refractivity (Wildman–Crippen MR) is 128 cm³/mol. The van der Waals surface area contributed by atoms with E-state index in [1.807, 2.05) is 17.0 Å². The Bertz CT molecular complexity index is 1050. The topological polar surface area (TPSA) is 135 Å². The van der Waals surface area contributed by atoms with E-state index in [0.717, 1.165) is 29.8 Å². The van der Waals surface area contributed by atoms with Crippen molar-refractivity contribution in [2.75, 3.05) is 31.6 Å². The van der Waals surface area contributed by atoms with Gasteiger partial charge in [0.1, 0.15) is 12.2 Å². The fourth-order valence-corrected chi connectivity index (χ4v) is 4.49. The molecule has 1 saturated heterocycles. The lowest BCUT2D eigenvalue weighted by molar-refractivity contribution is -0.144. The van der Waals surface area contributed by atoms with Crippen molar-refractivity contribution in [3.63, 3.8) is 0 Å². The van der Waals surface area contributed by atoms with Crippen LogP contribution in [0.5, 0.6) is 0 Å². The third-order valence-electron chi connectivity index (χ3n) is 6.19. The number of anilines is 1. The van der Waals surface area contributed by atoms with Crippen LogP contribution in [0.15, 0.2) is 53.4 Å². The fourth-order valence-electron chi connectivity index (χ4n) is 4.25.